The van der Waals surface area contributed by atoms with E-state index in [-0.39, 0.29) is 16.5 Å². The number of thiazole rings is 1. The third-order valence-electron chi connectivity index (χ3n) is 4.68. The number of hydrogen-bond acceptors (Lipinski definition) is 11. The van der Waals surface area contributed by atoms with Crippen LogP contribution < -0.4 is 16.4 Å². The van der Waals surface area contributed by atoms with Gasteiger partial charge in [0.05, 0.1) is 11.1 Å². The zero-order valence-electron chi connectivity index (χ0n) is 18.0. The van der Waals surface area contributed by atoms with Crippen molar-refractivity contribution in [1.82, 2.24) is 20.5 Å². The molecule has 0 aromatic carbocycles. The van der Waals surface area contributed by atoms with E-state index in [0.717, 1.165) is 11.3 Å². The summed E-state index contributed by atoms with van der Waals surface area (Å²) in [7, 11) is 0. The highest BCUT2D eigenvalue weighted by Crippen LogP contribution is 2.38. The van der Waals surface area contributed by atoms with Crippen LogP contribution in [0.15, 0.2) is 17.2 Å². The van der Waals surface area contributed by atoms with Gasteiger partial charge in [-0.25, -0.2) is 9.78 Å². The molecule has 2 aliphatic heterocycles. The van der Waals surface area contributed by atoms with Crippen molar-refractivity contribution in [3.63, 3.8) is 0 Å². The summed E-state index contributed by atoms with van der Waals surface area (Å²) in [5.74, 6) is -2.12. The summed E-state index contributed by atoms with van der Waals surface area (Å²) in [4.78, 5) is 65.8. The van der Waals surface area contributed by atoms with Crippen molar-refractivity contribution in [2.75, 3.05) is 18.3 Å². The number of nitrogen functional groups attached to an aromatic ring is 1. The van der Waals surface area contributed by atoms with E-state index in [0.29, 0.717) is 12.2 Å². The Morgan fingerprint density at radius 3 is 2.70 bits per heavy atom. The Morgan fingerprint density at radius 1 is 1.36 bits per heavy atom. The molecule has 1 saturated heterocycles. The summed E-state index contributed by atoms with van der Waals surface area (Å²) in [6, 6.07) is -2.03. The Kier molecular flexibility index (Phi) is 7.27. The Hall–Kier alpha value is -3.13. The van der Waals surface area contributed by atoms with Crippen LogP contribution in [0.1, 0.15) is 32.5 Å². The number of aromatic nitrogens is 1. The highest BCUT2D eigenvalue weighted by Gasteiger charge is 2.53. The summed E-state index contributed by atoms with van der Waals surface area (Å²) < 4.78 is 9.90. The summed E-state index contributed by atoms with van der Waals surface area (Å²) in [5, 5.41) is 6.18. The Balaban J connectivity index is 1.60. The molecule has 2 aliphatic rings. The van der Waals surface area contributed by atoms with E-state index in [1.807, 2.05) is 0 Å². The number of fused-ring (bicyclic) bond motifs is 1. The van der Waals surface area contributed by atoms with E-state index in [1.54, 1.807) is 20.8 Å². The molecule has 3 heterocycles. The molecule has 1 fully saturated rings. The first-order valence-corrected chi connectivity index (χ1v) is 11.7. The quantitative estimate of drug-likeness (QED) is 0.190. The normalized spacial score (nSPS) is 20.5. The number of carbonyl (C=O) groups excluding carboxylic acids is 5. The molecule has 14 heteroatoms. The number of β-lactam (4-membered cyclic amide) rings is 1. The summed E-state index contributed by atoms with van der Waals surface area (Å²) >= 11 is 2.45. The van der Waals surface area contributed by atoms with E-state index in [9.17, 15) is 24.0 Å². The fourth-order valence-corrected chi connectivity index (χ4v) is 4.77. The third kappa shape index (κ3) is 5.27. The smallest absolute Gasteiger partial charge is 0.357 e. The fourth-order valence-electron chi connectivity index (χ4n) is 2.99. The van der Waals surface area contributed by atoms with Gasteiger partial charge in [-0.3, -0.25) is 24.1 Å². The first-order valence-electron chi connectivity index (χ1n) is 9.74. The second-order valence-electron chi connectivity index (χ2n) is 8.07. The van der Waals surface area contributed by atoms with Gasteiger partial charge in [-0.15, -0.1) is 23.1 Å². The van der Waals surface area contributed by atoms with Crippen LogP contribution in [0, 0.1) is 5.41 Å². The average Bonchev–Trinajstić information content (AvgIpc) is 3.19. The zero-order valence-corrected chi connectivity index (χ0v) is 19.7. The first-order chi connectivity index (χ1) is 15.5. The van der Waals surface area contributed by atoms with Crippen molar-refractivity contribution >= 4 is 58.4 Å². The molecular weight excluding hydrogens is 474 g/mol. The Bertz CT molecular complexity index is 1000. The highest BCUT2D eigenvalue weighted by molar-refractivity contribution is 8.00. The molecule has 0 bridgehead atoms. The number of thioether (sulfide) groups is 1. The number of carbonyl (C=O) groups is 5. The standard InChI is InChI=1S/C19H23N5O7S2/c1-19(2,3)17(29)31-8-30-16(28)10-4-5-32-15-12(14(27)24(10)15)23-13(26)11(21-7-25)9-6-33-18(20)22-9/h4,6-7,11-12,15H,5,8H2,1-3H3,(H2,20,22)(H,21,25)(H,23,26)/t11-,12+,15+/m0/s1. The van der Waals surface area contributed by atoms with Crippen molar-refractivity contribution in [3.8, 4) is 0 Å². The van der Waals surface area contributed by atoms with E-state index in [1.165, 1.54) is 28.1 Å². The predicted octanol–water partition coefficient (Wildman–Crippen LogP) is -0.114. The molecule has 178 valence electrons. The number of ether oxygens (including phenoxy) is 2. The predicted molar refractivity (Wildman–Crippen MR) is 118 cm³/mol. The minimum absolute atomic E-state index is 0.0101. The molecule has 0 aliphatic carbocycles. The number of anilines is 1. The number of hydrogen-bond donors (Lipinski definition) is 3. The van der Waals surface area contributed by atoms with E-state index >= 15 is 0 Å². The van der Waals surface area contributed by atoms with Crippen molar-refractivity contribution in [1.29, 1.82) is 0 Å². The zero-order chi connectivity index (χ0) is 24.3. The lowest BCUT2D eigenvalue weighted by Crippen LogP contribution is -2.70. The molecule has 0 saturated carbocycles. The van der Waals surface area contributed by atoms with Gasteiger partial charge in [0.15, 0.2) is 11.2 Å². The van der Waals surface area contributed by atoms with Crippen LogP contribution in [0.2, 0.25) is 0 Å². The molecule has 3 amide bonds. The molecular formula is C19H23N5O7S2. The monoisotopic (exact) mass is 497 g/mol. The van der Waals surface area contributed by atoms with Crippen LogP contribution >= 0.6 is 23.1 Å². The van der Waals surface area contributed by atoms with Gasteiger partial charge in [-0.05, 0) is 26.8 Å². The Labute approximate surface area is 197 Å². The molecule has 4 N–H and O–H groups in total. The van der Waals surface area contributed by atoms with Crippen molar-refractivity contribution < 1.29 is 33.4 Å². The third-order valence-corrected chi connectivity index (χ3v) is 6.55. The molecule has 33 heavy (non-hydrogen) atoms. The van der Waals surface area contributed by atoms with Crippen LogP contribution in [-0.2, 0) is 33.4 Å². The molecule has 12 nitrogen and oxygen atoms in total. The number of nitrogens with one attached hydrogen (secondary N) is 2. The topological polar surface area (TPSA) is 170 Å². The second-order valence-corrected chi connectivity index (χ2v) is 10.1. The van der Waals surface area contributed by atoms with E-state index in [4.69, 9.17) is 15.2 Å². The molecule has 0 unspecified atom stereocenters. The van der Waals surface area contributed by atoms with Crippen LogP contribution in [0.5, 0.6) is 0 Å². The molecule has 3 rings (SSSR count). The van der Waals surface area contributed by atoms with Gasteiger partial charge in [0.1, 0.15) is 17.1 Å². The fraction of sp³-hybridized carbons (Fsp3) is 0.474. The van der Waals surface area contributed by atoms with E-state index in [2.05, 4.69) is 15.6 Å². The Morgan fingerprint density at radius 2 is 2.09 bits per heavy atom. The van der Waals surface area contributed by atoms with Gasteiger partial charge in [0.2, 0.25) is 19.1 Å². The number of esters is 2. The van der Waals surface area contributed by atoms with Crippen LogP contribution in [0.3, 0.4) is 0 Å². The minimum atomic E-state index is -1.12. The lowest BCUT2D eigenvalue weighted by molar-refractivity contribution is -0.173. The SMILES string of the molecule is CC(C)(C)C(=O)OCOC(=O)C1=CCS[C@@H]2[C@H](NC(=O)[C@@H](NC=O)c3csc(N)n3)C(=O)N12. The van der Waals surface area contributed by atoms with Gasteiger partial charge < -0.3 is 25.8 Å². The molecule has 1 aromatic heterocycles. The maximum absolute atomic E-state index is 12.7. The number of nitrogens with two attached hydrogens (primary N) is 1. The van der Waals surface area contributed by atoms with Crippen molar-refractivity contribution in [2.45, 2.75) is 38.2 Å². The van der Waals surface area contributed by atoms with Crippen molar-refractivity contribution in [2.24, 2.45) is 5.41 Å². The van der Waals surface area contributed by atoms with Gasteiger partial charge in [0, 0.05) is 11.1 Å². The van der Waals surface area contributed by atoms with Crippen LogP contribution in [0.4, 0.5) is 5.13 Å². The lowest BCUT2D eigenvalue weighted by atomic mass is 9.98. The van der Waals surface area contributed by atoms with Crippen molar-refractivity contribution in [3.05, 3.63) is 22.8 Å². The number of amides is 3. The summed E-state index contributed by atoms with van der Waals surface area (Å²) in [6.07, 6.45) is 1.88. The number of rotatable bonds is 8. The maximum Gasteiger partial charge on any atom is 0.357 e. The van der Waals surface area contributed by atoms with Crippen LogP contribution in [-0.4, -0.2) is 64.0 Å². The van der Waals surface area contributed by atoms with Gasteiger partial charge in [-0.1, -0.05) is 0 Å². The lowest BCUT2D eigenvalue weighted by Gasteiger charge is -2.48. The minimum Gasteiger partial charge on any atom is -0.427 e. The van der Waals surface area contributed by atoms with Gasteiger partial charge in [-0.2, -0.15) is 0 Å². The van der Waals surface area contributed by atoms with E-state index < -0.39 is 53.4 Å². The molecule has 3 atom stereocenters. The highest BCUT2D eigenvalue weighted by atomic mass is 32.2. The molecule has 0 spiro atoms. The first kappa shape index (κ1) is 24.5. The average molecular weight is 498 g/mol. The molecule has 0 radical (unpaired) electrons. The van der Waals surface area contributed by atoms with Gasteiger partial charge >= 0.3 is 11.9 Å². The summed E-state index contributed by atoms with van der Waals surface area (Å²) in [6.45, 7) is 4.40. The van der Waals surface area contributed by atoms with Crippen LogP contribution in [0.25, 0.3) is 0 Å². The van der Waals surface area contributed by atoms with Gasteiger partial charge in [0.25, 0.3) is 5.91 Å². The summed E-state index contributed by atoms with van der Waals surface area (Å²) in [5.41, 5.74) is 5.10. The second kappa shape index (κ2) is 9.79. The number of nitrogens with zero attached hydrogens (tertiary/aromatic N) is 2. The largest absolute Gasteiger partial charge is 0.427 e. The molecule has 1 aromatic rings. The maximum atomic E-state index is 12.7.